The molecule has 1 amide bonds. The van der Waals surface area contributed by atoms with Crippen LogP contribution in [0.4, 0.5) is 10.5 Å². The van der Waals surface area contributed by atoms with Gasteiger partial charge in [0.1, 0.15) is 11.8 Å². The van der Waals surface area contributed by atoms with Gasteiger partial charge in [-0.15, -0.1) is 0 Å². The molecule has 2 aromatic rings. The Hall–Kier alpha value is -3.21. The molecule has 6 atom stereocenters. The Morgan fingerprint density at radius 2 is 1.95 bits per heavy atom. The molecule has 0 radical (unpaired) electrons. The molecule has 2 aliphatic rings. The number of carbonyl (C=O) groups excluding carboxylic acids is 1. The van der Waals surface area contributed by atoms with Gasteiger partial charge in [-0.05, 0) is 42.5 Å². The van der Waals surface area contributed by atoms with E-state index in [0.717, 1.165) is 5.56 Å². The number of nitrogens with one attached hydrogen (secondary N) is 2. The first-order chi connectivity index (χ1) is 19.9. The van der Waals surface area contributed by atoms with Gasteiger partial charge in [-0.25, -0.2) is 13.2 Å². The molecule has 2 aliphatic heterocycles. The fourth-order valence-electron chi connectivity index (χ4n) is 5.61. The van der Waals surface area contributed by atoms with Crippen LogP contribution in [0.1, 0.15) is 39.2 Å². The van der Waals surface area contributed by atoms with E-state index in [9.17, 15) is 23.6 Å². The number of rotatable bonds is 12. The van der Waals surface area contributed by atoms with Gasteiger partial charge in [0, 0.05) is 18.7 Å². The minimum Gasteiger partial charge on any atom is -0.443 e. The molecular weight excluding hydrogens is 560 g/mol. The molecule has 5 N–H and O–H groups in total. The molecule has 228 valence electrons. The Bertz CT molecular complexity index is 1380. The van der Waals surface area contributed by atoms with Crippen molar-refractivity contribution in [1.29, 1.82) is 5.26 Å². The molecule has 42 heavy (non-hydrogen) atoms. The lowest BCUT2D eigenvalue weighted by atomic mass is 9.85. The molecule has 0 spiro atoms. The standard InChI is InChI=1S/C30H40N4O7S/c1-20(35)30(17-21-8-5-4-6-9-21,34-28(36)41-25-18-40-27-24(25)13-15-39-27)33-19-29(2,3)26(12-14-31)42(37,38)23-11-7-10-22(32)16-23/h4-11,16,20,24-27,33,35H,12-13,15,17-19,32H2,1-3H3,(H,34,36)/t20-,24-,25-,26?,27+,30+/m1/s1. The number of ether oxygens (including phenoxy) is 3. The number of nitrogens with two attached hydrogens (primary N) is 1. The molecule has 1 unspecified atom stereocenters. The van der Waals surface area contributed by atoms with Crippen LogP contribution < -0.4 is 16.4 Å². The third-order valence-electron chi connectivity index (χ3n) is 8.18. The van der Waals surface area contributed by atoms with Gasteiger partial charge in [0.25, 0.3) is 0 Å². The van der Waals surface area contributed by atoms with Crippen LogP contribution in [-0.2, 0) is 30.5 Å². The van der Waals surface area contributed by atoms with Crippen LogP contribution in [0.3, 0.4) is 0 Å². The van der Waals surface area contributed by atoms with Crippen LogP contribution in [0.25, 0.3) is 0 Å². The number of sulfone groups is 1. The molecule has 0 aromatic heterocycles. The fraction of sp³-hybridized carbons (Fsp3) is 0.533. The van der Waals surface area contributed by atoms with Gasteiger partial charge in [0.05, 0.1) is 47.9 Å². The minimum atomic E-state index is -3.98. The first-order valence-electron chi connectivity index (χ1n) is 14.0. The zero-order chi connectivity index (χ0) is 30.5. The van der Waals surface area contributed by atoms with Gasteiger partial charge < -0.3 is 30.4 Å². The number of nitrogens with zero attached hydrogens (tertiary/aromatic N) is 1. The number of benzene rings is 2. The highest BCUT2D eigenvalue weighted by molar-refractivity contribution is 7.92. The summed E-state index contributed by atoms with van der Waals surface area (Å²) in [6, 6.07) is 17.3. The summed E-state index contributed by atoms with van der Waals surface area (Å²) in [7, 11) is -3.98. The smallest absolute Gasteiger partial charge is 0.409 e. The van der Waals surface area contributed by atoms with Crippen molar-refractivity contribution in [3.8, 4) is 6.07 Å². The van der Waals surface area contributed by atoms with E-state index in [-0.39, 0.29) is 36.8 Å². The van der Waals surface area contributed by atoms with Crippen molar-refractivity contribution in [2.45, 2.75) is 74.3 Å². The zero-order valence-electron chi connectivity index (χ0n) is 24.2. The van der Waals surface area contributed by atoms with E-state index in [1.54, 1.807) is 32.9 Å². The number of hydrogen-bond donors (Lipinski definition) is 4. The molecule has 0 aliphatic carbocycles. The molecule has 0 bridgehead atoms. The largest absolute Gasteiger partial charge is 0.443 e. The summed E-state index contributed by atoms with van der Waals surface area (Å²) in [5.74, 6) is -0.0679. The third-order valence-corrected chi connectivity index (χ3v) is 10.6. The lowest BCUT2D eigenvalue weighted by Crippen LogP contribution is -2.68. The predicted octanol–water partition coefficient (Wildman–Crippen LogP) is 2.75. The summed E-state index contributed by atoms with van der Waals surface area (Å²) in [6.45, 7) is 5.76. The zero-order valence-corrected chi connectivity index (χ0v) is 25.0. The summed E-state index contributed by atoms with van der Waals surface area (Å²) < 4.78 is 44.3. The average Bonchev–Trinajstić information content (AvgIpc) is 3.56. The van der Waals surface area contributed by atoms with Crippen molar-refractivity contribution in [2.75, 3.05) is 25.5 Å². The first-order valence-corrected chi connectivity index (χ1v) is 15.6. The Kier molecular flexibility index (Phi) is 9.80. The second-order valence-electron chi connectivity index (χ2n) is 11.7. The van der Waals surface area contributed by atoms with Crippen LogP contribution >= 0.6 is 0 Å². The summed E-state index contributed by atoms with van der Waals surface area (Å²) in [5, 5.41) is 25.8. The number of fused-ring (bicyclic) bond motifs is 1. The van der Waals surface area contributed by atoms with Crippen LogP contribution in [-0.4, -0.2) is 68.8 Å². The van der Waals surface area contributed by atoms with E-state index >= 15 is 0 Å². The van der Waals surface area contributed by atoms with Crippen molar-refractivity contribution < 1.29 is 32.5 Å². The lowest BCUT2D eigenvalue weighted by molar-refractivity contribution is -0.0907. The Balaban J connectivity index is 1.60. The van der Waals surface area contributed by atoms with Gasteiger partial charge in [-0.3, -0.25) is 5.32 Å². The van der Waals surface area contributed by atoms with E-state index in [1.165, 1.54) is 12.1 Å². The fourth-order valence-corrected chi connectivity index (χ4v) is 7.72. The van der Waals surface area contributed by atoms with Crippen LogP contribution in [0.5, 0.6) is 0 Å². The number of amides is 1. The Labute approximate surface area is 247 Å². The summed E-state index contributed by atoms with van der Waals surface area (Å²) in [4.78, 5) is 13.3. The number of anilines is 1. The number of alkyl carbamates (subject to hydrolysis) is 1. The van der Waals surface area contributed by atoms with Crippen LogP contribution in [0, 0.1) is 22.7 Å². The highest BCUT2D eigenvalue weighted by Gasteiger charge is 2.47. The Morgan fingerprint density at radius 1 is 1.21 bits per heavy atom. The van der Waals surface area contributed by atoms with Crippen molar-refractivity contribution in [2.24, 2.45) is 11.3 Å². The van der Waals surface area contributed by atoms with Crippen molar-refractivity contribution >= 4 is 21.6 Å². The van der Waals surface area contributed by atoms with Gasteiger partial charge in [-0.1, -0.05) is 50.2 Å². The second kappa shape index (κ2) is 13.0. The molecule has 0 saturated carbocycles. The van der Waals surface area contributed by atoms with Crippen molar-refractivity contribution in [3.63, 3.8) is 0 Å². The molecule has 11 nitrogen and oxygen atoms in total. The van der Waals surface area contributed by atoms with Gasteiger partial charge in [0.15, 0.2) is 16.1 Å². The van der Waals surface area contributed by atoms with E-state index in [4.69, 9.17) is 19.9 Å². The quantitative estimate of drug-likeness (QED) is 0.210. The predicted molar refractivity (Wildman–Crippen MR) is 156 cm³/mol. The maximum absolute atomic E-state index is 13.7. The highest BCUT2D eigenvalue weighted by atomic mass is 32.2. The Morgan fingerprint density at radius 3 is 2.62 bits per heavy atom. The van der Waals surface area contributed by atoms with E-state index in [1.807, 2.05) is 36.4 Å². The summed E-state index contributed by atoms with van der Waals surface area (Å²) in [6.07, 6.45) is -2.18. The van der Waals surface area contributed by atoms with Gasteiger partial charge in [0.2, 0.25) is 0 Å². The molecule has 2 aromatic carbocycles. The average molecular weight is 601 g/mol. The topological polar surface area (TPSA) is 173 Å². The minimum absolute atomic E-state index is 0.0178. The SMILES string of the molecule is C[C@@H](O)[C@@](Cc1ccccc1)(NCC(C)(C)C(CC#N)S(=O)(=O)c1cccc(N)c1)NC(=O)O[C@@H]1CO[C@@H]2OCC[C@@H]21. The molecule has 12 heteroatoms. The van der Waals surface area contributed by atoms with Gasteiger partial charge in [-0.2, -0.15) is 5.26 Å². The van der Waals surface area contributed by atoms with Gasteiger partial charge >= 0.3 is 6.09 Å². The molecule has 2 heterocycles. The van der Waals surface area contributed by atoms with E-state index < -0.39 is 50.8 Å². The number of nitrogen functional groups attached to an aromatic ring is 1. The second-order valence-corrected chi connectivity index (χ2v) is 13.8. The molecule has 2 fully saturated rings. The number of nitriles is 1. The number of carbonyl (C=O) groups is 1. The lowest BCUT2D eigenvalue weighted by Gasteiger charge is -2.42. The normalized spacial score (nSPS) is 23.3. The number of hydrogen-bond acceptors (Lipinski definition) is 10. The number of aliphatic hydroxyl groups is 1. The molecule has 2 saturated heterocycles. The van der Waals surface area contributed by atoms with Crippen LogP contribution in [0.2, 0.25) is 0 Å². The molecule has 4 rings (SSSR count). The molecular formula is C30H40N4O7S. The van der Waals surface area contributed by atoms with Crippen molar-refractivity contribution in [3.05, 3.63) is 60.2 Å². The monoisotopic (exact) mass is 600 g/mol. The highest BCUT2D eigenvalue weighted by Crippen LogP contribution is 2.35. The first kappa shape index (κ1) is 31.7. The van der Waals surface area contributed by atoms with Crippen molar-refractivity contribution in [1.82, 2.24) is 10.6 Å². The maximum Gasteiger partial charge on any atom is 0.409 e. The van der Waals surface area contributed by atoms with E-state index in [0.29, 0.717) is 18.7 Å². The third kappa shape index (κ3) is 7.04. The summed E-state index contributed by atoms with van der Waals surface area (Å²) in [5.41, 5.74) is 4.49. The van der Waals surface area contributed by atoms with E-state index in [2.05, 4.69) is 10.6 Å². The summed E-state index contributed by atoms with van der Waals surface area (Å²) >= 11 is 0. The maximum atomic E-state index is 13.7. The van der Waals surface area contributed by atoms with Crippen LogP contribution in [0.15, 0.2) is 59.5 Å². The number of aliphatic hydroxyl groups excluding tert-OH is 1.